The van der Waals surface area contributed by atoms with Gasteiger partial charge in [-0.05, 0) is 32.7 Å². The predicted molar refractivity (Wildman–Crippen MR) is 80.1 cm³/mol. The van der Waals surface area contributed by atoms with Crippen LogP contribution in [0.3, 0.4) is 0 Å². The second kappa shape index (κ2) is 6.23. The summed E-state index contributed by atoms with van der Waals surface area (Å²) < 4.78 is 11.6. The van der Waals surface area contributed by atoms with Crippen molar-refractivity contribution in [2.24, 2.45) is 5.92 Å². The lowest BCUT2D eigenvalue weighted by molar-refractivity contribution is -0.149. The van der Waals surface area contributed by atoms with E-state index >= 15 is 0 Å². The summed E-state index contributed by atoms with van der Waals surface area (Å²) in [6, 6.07) is 0. The predicted octanol–water partition coefficient (Wildman–Crippen LogP) is 1.12. The van der Waals surface area contributed by atoms with E-state index in [4.69, 9.17) is 9.47 Å². The molecule has 0 spiro atoms. The van der Waals surface area contributed by atoms with Crippen LogP contribution in [0.2, 0.25) is 0 Å². The summed E-state index contributed by atoms with van der Waals surface area (Å²) in [4.78, 5) is 16.9. The molecule has 5 nitrogen and oxygen atoms in total. The smallest absolute Gasteiger partial charge is 0.225 e. The highest BCUT2D eigenvalue weighted by Crippen LogP contribution is 2.38. The molecule has 5 heteroatoms. The summed E-state index contributed by atoms with van der Waals surface area (Å²) in [6.07, 6.45) is 5.04. The molecule has 0 N–H and O–H groups in total. The third-order valence-corrected chi connectivity index (χ3v) is 5.57. The monoisotopic (exact) mass is 296 g/mol. The number of fused-ring (bicyclic) bond motifs is 1. The molecule has 120 valence electrons. The number of carbonyl (C=O) groups is 1. The van der Waals surface area contributed by atoms with E-state index < -0.39 is 0 Å². The minimum absolute atomic E-state index is 0.168. The number of carbonyl (C=O) groups excluding carboxylic acids is 1. The molecule has 3 aliphatic rings. The van der Waals surface area contributed by atoms with Crippen molar-refractivity contribution in [1.29, 1.82) is 0 Å². The number of ether oxygens (including phenoxy) is 2. The first kappa shape index (κ1) is 15.3. The Kier molecular flexibility index (Phi) is 4.52. The molecule has 2 aliphatic heterocycles. The maximum absolute atomic E-state index is 12.6. The Hall–Kier alpha value is -0.650. The molecule has 0 radical (unpaired) electrons. The molecule has 2 heterocycles. The van der Waals surface area contributed by atoms with Crippen molar-refractivity contribution in [3.05, 3.63) is 0 Å². The molecule has 3 fully saturated rings. The lowest BCUT2D eigenvalue weighted by Crippen LogP contribution is -2.51. The van der Waals surface area contributed by atoms with Crippen molar-refractivity contribution in [3.63, 3.8) is 0 Å². The van der Waals surface area contributed by atoms with Gasteiger partial charge in [0, 0.05) is 39.2 Å². The molecular weight excluding hydrogens is 268 g/mol. The summed E-state index contributed by atoms with van der Waals surface area (Å²) in [5, 5.41) is 0. The van der Waals surface area contributed by atoms with Gasteiger partial charge in [0.2, 0.25) is 5.91 Å². The number of hydrogen-bond acceptors (Lipinski definition) is 4. The molecule has 0 bridgehead atoms. The van der Waals surface area contributed by atoms with Gasteiger partial charge in [0.1, 0.15) is 0 Å². The normalized spacial score (nSPS) is 33.0. The van der Waals surface area contributed by atoms with Crippen molar-refractivity contribution in [2.75, 3.05) is 46.9 Å². The topological polar surface area (TPSA) is 42.0 Å². The Bertz CT molecular complexity index is 378. The largest absolute Gasteiger partial charge is 0.378 e. The van der Waals surface area contributed by atoms with Crippen LogP contribution in [0.25, 0.3) is 0 Å². The van der Waals surface area contributed by atoms with E-state index in [1.165, 1.54) is 6.42 Å². The Labute approximate surface area is 127 Å². The van der Waals surface area contributed by atoms with Gasteiger partial charge in [0.15, 0.2) is 0 Å². The van der Waals surface area contributed by atoms with Crippen molar-refractivity contribution < 1.29 is 14.3 Å². The van der Waals surface area contributed by atoms with E-state index in [0.29, 0.717) is 12.3 Å². The Morgan fingerprint density at radius 2 is 2.14 bits per heavy atom. The number of amides is 1. The summed E-state index contributed by atoms with van der Waals surface area (Å²) >= 11 is 0. The fourth-order valence-corrected chi connectivity index (χ4v) is 3.85. The van der Waals surface area contributed by atoms with Gasteiger partial charge in [-0.15, -0.1) is 0 Å². The van der Waals surface area contributed by atoms with Gasteiger partial charge in [-0.3, -0.25) is 4.79 Å². The first-order chi connectivity index (χ1) is 10.1. The molecule has 0 unspecified atom stereocenters. The molecule has 1 amide bonds. The van der Waals surface area contributed by atoms with Crippen LogP contribution in [-0.2, 0) is 14.3 Å². The fraction of sp³-hybridized carbons (Fsp3) is 0.938. The zero-order valence-electron chi connectivity index (χ0n) is 13.3. The van der Waals surface area contributed by atoms with Crippen LogP contribution >= 0.6 is 0 Å². The van der Waals surface area contributed by atoms with Crippen LogP contribution in [0.4, 0.5) is 0 Å². The summed E-state index contributed by atoms with van der Waals surface area (Å²) in [6.45, 7) is 4.50. The lowest BCUT2D eigenvalue weighted by atomic mass is 9.77. The Balaban J connectivity index is 1.56. The van der Waals surface area contributed by atoms with E-state index in [0.717, 1.165) is 52.0 Å². The zero-order valence-corrected chi connectivity index (χ0v) is 13.3. The number of rotatable bonds is 3. The number of likely N-dealkylation sites (tertiary alicyclic amines) is 1. The van der Waals surface area contributed by atoms with E-state index in [9.17, 15) is 4.79 Å². The molecule has 0 aromatic heterocycles. The van der Waals surface area contributed by atoms with Crippen molar-refractivity contribution in [1.82, 2.24) is 9.80 Å². The van der Waals surface area contributed by atoms with Gasteiger partial charge in [-0.25, -0.2) is 0 Å². The molecule has 0 aromatic carbocycles. The number of methoxy groups -OCH3 is 1. The highest BCUT2D eigenvalue weighted by Gasteiger charge is 2.41. The van der Waals surface area contributed by atoms with Gasteiger partial charge in [-0.2, -0.15) is 0 Å². The number of likely N-dealkylation sites (N-methyl/N-ethyl adjacent to an activating group) is 1. The summed E-state index contributed by atoms with van der Waals surface area (Å²) in [5.74, 6) is 0.817. The Morgan fingerprint density at radius 1 is 1.33 bits per heavy atom. The minimum Gasteiger partial charge on any atom is -0.378 e. The highest BCUT2D eigenvalue weighted by molar-refractivity contribution is 5.77. The van der Waals surface area contributed by atoms with Gasteiger partial charge >= 0.3 is 0 Å². The SMILES string of the molecule is COC1(CC(=O)N2CC[C@@H]3CN(C)CCO[C@@H]3C2)CCC1. The molecule has 21 heavy (non-hydrogen) atoms. The summed E-state index contributed by atoms with van der Waals surface area (Å²) in [7, 11) is 3.89. The first-order valence-corrected chi connectivity index (χ1v) is 8.25. The highest BCUT2D eigenvalue weighted by atomic mass is 16.5. The molecule has 0 aromatic rings. The van der Waals surface area contributed by atoms with Crippen LogP contribution in [0.1, 0.15) is 32.1 Å². The third-order valence-electron chi connectivity index (χ3n) is 5.57. The molecular formula is C16H28N2O3. The maximum Gasteiger partial charge on any atom is 0.225 e. The van der Waals surface area contributed by atoms with Crippen LogP contribution in [0, 0.1) is 5.92 Å². The van der Waals surface area contributed by atoms with E-state index in [-0.39, 0.29) is 17.6 Å². The fourth-order valence-electron chi connectivity index (χ4n) is 3.85. The van der Waals surface area contributed by atoms with Crippen LogP contribution in [0.5, 0.6) is 0 Å². The molecule has 2 saturated heterocycles. The molecule has 1 saturated carbocycles. The molecule has 2 atom stereocenters. The second-order valence-electron chi connectivity index (χ2n) is 6.98. The zero-order chi connectivity index (χ0) is 14.9. The lowest BCUT2D eigenvalue weighted by Gasteiger charge is -2.43. The van der Waals surface area contributed by atoms with Crippen molar-refractivity contribution in [3.8, 4) is 0 Å². The van der Waals surface area contributed by atoms with Gasteiger partial charge < -0.3 is 19.3 Å². The first-order valence-electron chi connectivity index (χ1n) is 8.25. The van der Waals surface area contributed by atoms with Crippen LogP contribution in [-0.4, -0.2) is 74.4 Å². The van der Waals surface area contributed by atoms with Gasteiger partial charge in [0.05, 0.1) is 24.7 Å². The van der Waals surface area contributed by atoms with Crippen molar-refractivity contribution in [2.45, 2.75) is 43.8 Å². The standard InChI is InChI=1S/C16H28N2O3/c1-17-8-9-21-14-12-18(7-4-13(14)11-17)15(19)10-16(20-2)5-3-6-16/h13-14H,3-12H2,1-2H3/t13-,14-/m1/s1. The van der Waals surface area contributed by atoms with Crippen LogP contribution < -0.4 is 0 Å². The average molecular weight is 296 g/mol. The van der Waals surface area contributed by atoms with Gasteiger partial charge in [0.25, 0.3) is 0 Å². The van der Waals surface area contributed by atoms with E-state index in [2.05, 4.69) is 11.9 Å². The number of piperidine rings is 1. The third kappa shape index (κ3) is 3.25. The minimum atomic E-state index is -0.168. The number of hydrogen-bond donors (Lipinski definition) is 0. The van der Waals surface area contributed by atoms with Crippen molar-refractivity contribution >= 4 is 5.91 Å². The average Bonchev–Trinajstić information content (AvgIpc) is 2.62. The summed E-state index contributed by atoms with van der Waals surface area (Å²) in [5.41, 5.74) is -0.168. The quantitative estimate of drug-likeness (QED) is 0.783. The second-order valence-corrected chi connectivity index (χ2v) is 6.98. The van der Waals surface area contributed by atoms with E-state index in [1.807, 2.05) is 4.90 Å². The Morgan fingerprint density at radius 3 is 2.81 bits per heavy atom. The molecule has 3 rings (SSSR count). The van der Waals surface area contributed by atoms with Crippen LogP contribution in [0.15, 0.2) is 0 Å². The number of nitrogens with zero attached hydrogens (tertiary/aromatic N) is 2. The van der Waals surface area contributed by atoms with Gasteiger partial charge in [-0.1, -0.05) is 0 Å². The molecule has 1 aliphatic carbocycles. The van der Waals surface area contributed by atoms with E-state index in [1.54, 1.807) is 7.11 Å². The maximum atomic E-state index is 12.6.